The minimum atomic E-state index is 0. The summed E-state index contributed by atoms with van der Waals surface area (Å²) >= 11 is 0. The number of nitrogens with zero attached hydrogens (tertiary/aromatic N) is 3. The van der Waals surface area contributed by atoms with E-state index in [0.717, 1.165) is 63.7 Å². The number of aromatic nitrogens is 1. The predicted molar refractivity (Wildman–Crippen MR) is 135 cm³/mol. The lowest BCUT2D eigenvalue weighted by molar-refractivity contribution is 0.271. The summed E-state index contributed by atoms with van der Waals surface area (Å²) in [7, 11) is 0. The topological polar surface area (TPSA) is 31.4 Å². The molecule has 0 bridgehead atoms. The Morgan fingerprint density at radius 1 is 0.903 bits per heavy atom. The highest BCUT2D eigenvalue weighted by Crippen LogP contribution is 2.30. The molecule has 0 unspecified atom stereocenters. The second kappa shape index (κ2) is 11.3. The number of anilines is 1. The SMILES string of the molecule is C.CCCNCCc1ccc(-c2cc3ccccc3c(N3CCN(CC)CC3)n2)cc1. The molecule has 1 aliphatic heterocycles. The molecule has 4 nitrogen and oxygen atoms in total. The van der Waals surface area contributed by atoms with Gasteiger partial charge in [0.15, 0.2) is 0 Å². The number of hydrogen-bond acceptors (Lipinski definition) is 4. The lowest BCUT2D eigenvalue weighted by atomic mass is 10.0. The van der Waals surface area contributed by atoms with E-state index in [2.05, 4.69) is 83.6 Å². The zero-order chi connectivity index (χ0) is 20.8. The van der Waals surface area contributed by atoms with Crippen molar-refractivity contribution in [3.05, 3.63) is 60.2 Å². The van der Waals surface area contributed by atoms with Crippen molar-refractivity contribution < 1.29 is 0 Å². The number of benzene rings is 2. The average Bonchev–Trinajstić information content (AvgIpc) is 2.81. The van der Waals surface area contributed by atoms with Crippen LogP contribution in [-0.4, -0.2) is 55.7 Å². The van der Waals surface area contributed by atoms with Crippen LogP contribution in [0.2, 0.25) is 0 Å². The van der Waals surface area contributed by atoms with Crippen LogP contribution >= 0.6 is 0 Å². The second-order valence-electron chi connectivity index (χ2n) is 8.17. The average molecular weight is 419 g/mol. The molecule has 2 heterocycles. The van der Waals surface area contributed by atoms with E-state index < -0.39 is 0 Å². The van der Waals surface area contributed by atoms with Gasteiger partial charge in [-0.2, -0.15) is 0 Å². The van der Waals surface area contributed by atoms with E-state index >= 15 is 0 Å². The Morgan fingerprint density at radius 3 is 2.35 bits per heavy atom. The third-order valence-electron chi connectivity index (χ3n) is 6.11. The third-order valence-corrected chi connectivity index (χ3v) is 6.11. The fraction of sp³-hybridized carbons (Fsp3) is 0.444. The Hall–Kier alpha value is -2.43. The van der Waals surface area contributed by atoms with Crippen molar-refractivity contribution >= 4 is 16.6 Å². The largest absolute Gasteiger partial charge is 0.354 e. The van der Waals surface area contributed by atoms with Gasteiger partial charge in [-0.3, -0.25) is 0 Å². The minimum Gasteiger partial charge on any atom is -0.354 e. The molecular weight excluding hydrogens is 380 g/mol. The standard InChI is InChI=1S/C26H34N4.CH4/c1-3-14-27-15-13-21-9-11-22(12-10-21)25-20-23-7-5-6-8-24(23)26(28-25)30-18-16-29(4-2)17-19-30;/h5-12,20,27H,3-4,13-19H2,1-2H3;1H4. The van der Waals surface area contributed by atoms with Gasteiger partial charge in [0, 0.05) is 37.1 Å². The molecule has 0 aliphatic carbocycles. The molecule has 2 aromatic carbocycles. The van der Waals surface area contributed by atoms with Crippen molar-refractivity contribution in [1.82, 2.24) is 15.2 Å². The van der Waals surface area contributed by atoms with Crippen LogP contribution in [0.5, 0.6) is 0 Å². The first-order valence-electron chi connectivity index (χ1n) is 11.5. The highest BCUT2D eigenvalue weighted by Gasteiger charge is 2.19. The van der Waals surface area contributed by atoms with Gasteiger partial charge in [-0.15, -0.1) is 0 Å². The number of likely N-dealkylation sites (N-methyl/N-ethyl adjacent to an activating group) is 1. The first-order chi connectivity index (χ1) is 14.8. The van der Waals surface area contributed by atoms with Crippen LogP contribution in [0.3, 0.4) is 0 Å². The number of rotatable bonds is 8. The monoisotopic (exact) mass is 418 g/mol. The van der Waals surface area contributed by atoms with Crippen molar-refractivity contribution in [3.8, 4) is 11.3 Å². The zero-order valence-corrected chi connectivity index (χ0v) is 18.4. The maximum Gasteiger partial charge on any atom is 0.137 e. The molecular formula is C27H38N4. The number of hydrogen-bond donors (Lipinski definition) is 1. The number of nitrogens with one attached hydrogen (secondary N) is 1. The van der Waals surface area contributed by atoms with E-state index in [1.807, 2.05) is 0 Å². The van der Waals surface area contributed by atoms with Gasteiger partial charge in [0.2, 0.25) is 0 Å². The van der Waals surface area contributed by atoms with E-state index in [9.17, 15) is 0 Å². The van der Waals surface area contributed by atoms with Gasteiger partial charge < -0.3 is 15.1 Å². The highest BCUT2D eigenvalue weighted by atomic mass is 15.3. The van der Waals surface area contributed by atoms with Crippen LogP contribution in [0.1, 0.15) is 33.3 Å². The van der Waals surface area contributed by atoms with Crippen LogP contribution in [-0.2, 0) is 6.42 Å². The first kappa shape index (κ1) is 23.2. The van der Waals surface area contributed by atoms with Crippen LogP contribution in [0.4, 0.5) is 5.82 Å². The van der Waals surface area contributed by atoms with Gasteiger partial charge in [0.05, 0.1) is 5.69 Å². The molecule has 0 spiro atoms. The number of piperazine rings is 1. The molecule has 4 rings (SSSR count). The Bertz CT molecular complexity index is 943. The number of fused-ring (bicyclic) bond motifs is 1. The summed E-state index contributed by atoms with van der Waals surface area (Å²) in [6.45, 7) is 12.0. The lowest BCUT2D eigenvalue weighted by Gasteiger charge is -2.35. The van der Waals surface area contributed by atoms with Crippen molar-refractivity contribution in [2.24, 2.45) is 0 Å². The molecule has 31 heavy (non-hydrogen) atoms. The van der Waals surface area contributed by atoms with Gasteiger partial charge in [0.25, 0.3) is 0 Å². The Morgan fingerprint density at radius 2 is 1.65 bits per heavy atom. The molecule has 4 heteroatoms. The van der Waals surface area contributed by atoms with Gasteiger partial charge in [-0.1, -0.05) is 69.8 Å². The van der Waals surface area contributed by atoms with Crippen molar-refractivity contribution in [1.29, 1.82) is 0 Å². The van der Waals surface area contributed by atoms with Gasteiger partial charge in [-0.05, 0) is 49.5 Å². The maximum atomic E-state index is 5.16. The molecule has 1 aliphatic rings. The van der Waals surface area contributed by atoms with Crippen molar-refractivity contribution in [2.75, 3.05) is 50.7 Å². The van der Waals surface area contributed by atoms with Crippen LogP contribution in [0.25, 0.3) is 22.0 Å². The molecule has 1 aromatic heterocycles. The van der Waals surface area contributed by atoms with E-state index in [1.54, 1.807) is 0 Å². The van der Waals surface area contributed by atoms with E-state index in [0.29, 0.717) is 0 Å². The summed E-state index contributed by atoms with van der Waals surface area (Å²) in [6.07, 6.45) is 2.25. The predicted octanol–water partition coefficient (Wildman–Crippen LogP) is 5.22. The molecule has 0 atom stereocenters. The molecule has 1 saturated heterocycles. The van der Waals surface area contributed by atoms with Crippen LogP contribution in [0, 0.1) is 0 Å². The fourth-order valence-corrected chi connectivity index (χ4v) is 4.22. The molecule has 0 amide bonds. The van der Waals surface area contributed by atoms with Crippen molar-refractivity contribution in [3.63, 3.8) is 0 Å². The summed E-state index contributed by atoms with van der Waals surface area (Å²) in [6, 6.07) is 19.8. The molecule has 166 valence electrons. The minimum absolute atomic E-state index is 0. The zero-order valence-electron chi connectivity index (χ0n) is 18.4. The Labute approximate surface area is 188 Å². The quantitative estimate of drug-likeness (QED) is 0.508. The molecule has 0 saturated carbocycles. The summed E-state index contributed by atoms with van der Waals surface area (Å²) < 4.78 is 0. The summed E-state index contributed by atoms with van der Waals surface area (Å²) in [5, 5.41) is 6.00. The summed E-state index contributed by atoms with van der Waals surface area (Å²) in [4.78, 5) is 10.1. The van der Waals surface area contributed by atoms with Crippen molar-refractivity contribution in [2.45, 2.75) is 34.1 Å². The van der Waals surface area contributed by atoms with Gasteiger partial charge in [-0.25, -0.2) is 4.98 Å². The summed E-state index contributed by atoms with van der Waals surface area (Å²) in [5.41, 5.74) is 3.63. The maximum absolute atomic E-state index is 5.16. The number of pyridine rings is 1. The third kappa shape index (κ3) is 5.63. The highest BCUT2D eigenvalue weighted by molar-refractivity contribution is 5.95. The van der Waals surface area contributed by atoms with E-state index in [-0.39, 0.29) is 7.43 Å². The summed E-state index contributed by atoms with van der Waals surface area (Å²) in [5.74, 6) is 1.13. The van der Waals surface area contributed by atoms with E-state index in [4.69, 9.17) is 4.98 Å². The van der Waals surface area contributed by atoms with Crippen LogP contribution < -0.4 is 10.2 Å². The fourth-order valence-electron chi connectivity index (χ4n) is 4.22. The van der Waals surface area contributed by atoms with Crippen LogP contribution in [0.15, 0.2) is 54.6 Å². The molecule has 1 N–H and O–H groups in total. The van der Waals surface area contributed by atoms with Gasteiger partial charge >= 0.3 is 0 Å². The molecule has 0 radical (unpaired) electrons. The lowest BCUT2D eigenvalue weighted by Crippen LogP contribution is -2.46. The first-order valence-corrected chi connectivity index (χ1v) is 11.5. The Balaban J connectivity index is 0.00000272. The van der Waals surface area contributed by atoms with E-state index in [1.165, 1.54) is 28.3 Å². The normalized spacial score (nSPS) is 14.6. The molecule has 1 fully saturated rings. The van der Waals surface area contributed by atoms with Gasteiger partial charge in [0.1, 0.15) is 5.82 Å². The molecule has 3 aromatic rings. The smallest absolute Gasteiger partial charge is 0.137 e. The second-order valence-corrected chi connectivity index (χ2v) is 8.17. The Kier molecular flexibility index (Phi) is 8.44.